The summed E-state index contributed by atoms with van der Waals surface area (Å²) in [6.07, 6.45) is 0.231. The number of aliphatic carboxylic acids is 1. The maximum Gasteiger partial charge on any atom is 0.321 e. The third-order valence-electron chi connectivity index (χ3n) is 3.88. The van der Waals surface area contributed by atoms with E-state index in [1.807, 2.05) is 0 Å². The summed E-state index contributed by atoms with van der Waals surface area (Å²) in [6.45, 7) is 0. The number of hydrogen-bond acceptors (Lipinski definition) is 6. The molecule has 0 aromatic heterocycles. The number of carbonyl (C=O) groups excluding carboxylic acids is 3. The van der Waals surface area contributed by atoms with E-state index < -0.39 is 17.9 Å². The van der Waals surface area contributed by atoms with Crippen molar-refractivity contribution in [2.75, 3.05) is 10.7 Å². The number of halogens is 2. The van der Waals surface area contributed by atoms with E-state index in [0.717, 1.165) is 11.1 Å². The third kappa shape index (κ3) is 6.76. The summed E-state index contributed by atoms with van der Waals surface area (Å²) in [5.41, 5.74) is 1.73. The Morgan fingerprint density at radius 3 is 1.50 bits per heavy atom. The van der Waals surface area contributed by atoms with Gasteiger partial charge in [-0.15, -0.1) is 0 Å². The highest BCUT2D eigenvalue weighted by atomic mass is 79.9. The molecular formula is C20H17Br2O6-. The molecule has 0 radical (unpaired) electrons. The van der Waals surface area contributed by atoms with Crippen molar-refractivity contribution < 1.29 is 29.0 Å². The van der Waals surface area contributed by atoms with Gasteiger partial charge < -0.3 is 19.4 Å². The summed E-state index contributed by atoms with van der Waals surface area (Å²) in [6, 6.07) is 13.8. The highest BCUT2D eigenvalue weighted by molar-refractivity contribution is 9.09. The lowest BCUT2D eigenvalue weighted by molar-refractivity contribution is -0.305. The minimum atomic E-state index is -1.13. The zero-order valence-electron chi connectivity index (χ0n) is 14.7. The second-order valence-electron chi connectivity index (χ2n) is 5.82. The van der Waals surface area contributed by atoms with Crippen molar-refractivity contribution in [3.8, 4) is 11.5 Å². The van der Waals surface area contributed by atoms with Gasteiger partial charge in [-0.2, -0.15) is 0 Å². The van der Waals surface area contributed by atoms with Crippen molar-refractivity contribution in [3.63, 3.8) is 0 Å². The van der Waals surface area contributed by atoms with Crippen molar-refractivity contribution in [2.24, 2.45) is 0 Å². The molecule has 0 spiro atoms. The molecule has 0 saturated heterocycles. The van der Waals surface area contributed by atoms with Gasteiger partial charge in [0.25, 0.3) is 0 Å². The van der Waals surface area contributed by atoms with Crippen LogP contribution in [0.3, 0.4) is 0 Å². The van der Waals surface area contributed by atoms with Gasteiger partial charge in [-0.1, -0.05) is 56.1 Å². The number of alkyl halides is 2. The van der Waals surface area contributed by atoms with E-state index in [1.165, 1.54) is 0 Å². The first kappa shape index (κ1) is 22.1. The monoisotopic (exact) mass is 511 g/mol. The van der Waals surface area contributed by atoms with Gasteiger partial charge in [0.1, 0.15) is 22.2 Å². The highest BCUT2D eigenvalue weighted by Gasteiger charge is 2.15. The van der Waals surface area contributed by atoms with E-state index in [1.54, 1.807) is 48.5 Å². The fraction of sp³-hybridized carbons (Fsp3) is 0.250. The van der Waals surface area contributed by atoms with E-state index in [2.05, 4.69) is 31.9 Å². The first-order chi connectivity index (χ1) is 13.4. The van der Waals surface area contributed by atoms with Gasteiger partial charge in [0, 0.05) is 11.9 Å². The lowest BCUT2D eigenvalue weighted by Gasteiger charge is -2.19. The minimum absolute atomic E-state index is 0.0923. The molecule has 0 saturated carbocycles. The van der Waals surface area contributed by atoms with Crippen LogP contribution in [0.2, 0.25) is 0 Å². The zero-order valence-corrected chi connectivity index (χ0v) is 17.9. The molecule has 0 bridgehead atoms. The van der Waals surface area contributed by atoms with Crippen molar-refractivity contribution in [1.29, 1.82) is 0 Å². The summed E-state index contributed by atoms with van der Waals surface area (Å²) < 4.78 is 10.2. The summed E-state index contributed by atoms with van der Waals surface area (Å²) in [7, 11) is 0. The molecule has 0 heterocycles. The van der Waals surface area contributed by atoms with Crippen molar-refractivity contribution >= 4 is 49.8 Å². The first-order valence-electron chi connectivity index (χ1n) is 8.36. The Morgan fingerprint density at radius 2 is 1.18 bits per heavy atom. The lowest BCUT2D eigenvalue weighted by Crippen LogP contribution is -2.22. The molecule has 0 amide bonds. The van der Waals surface area contributed by atoms with E-state index in [9.17, 15) is 19.5 Å². The Morgan fingerprint density at radius 1 is 0.786 bits per heavy atom. The number of rotatable bonds is 9. The van der Waals surface area contributed by atoms with Gasteiger partial charge in [0.05, 0.1) is 0 Å². The minimum Gasteiger partial charge on any atom is -0.550 e. The van der Waals surface area contributed by atoms with Crippen LogP contribution in [0.1, 0.15) is 29.9 Å². The summed E-state index contributed by atoms with van der Waals surface area (Å²) >= 11 is 6.06. The van der Waals surface area contributed by atoms with Crippen LogP contribution in [0.15, 0.2) is 48.5 Å². The van der Waals surface area contributed by atoms with Gasteiger partial charge >= 0.3 is 11.9 Å². The predicted molar refractivity (Wildman–Crippen MR) is 108 cm³/mol. The molecule has 0 aliphatic rings. The van der Waals surface area contributed by atoms with Gasteiger partial charge in [-0.25, -0.2) is 0 Å². The fourth-order valence-corrected chi connectivity index (χ4v) is 2.87. The Balaban J connectivity index is 2.22. The molecule has 148 valence electrons. The molecule has 28 heavy (non-hydrogen) atoms. The predicted octanol–water partition coefficient (Wildman–Crippen LogP) is 2.95. The summed E-state index contributed by atoms with van der Waals surface area (Å²) in [4.78, 5) is 33.6. The number of carbonyl (C=O) groups is 3. The number of hydrogen-bond donors (Lipinski definition) is 0. The fourth-order valence-electron chi connectivity index (χ4n) is 2.64. The Bertz CT molecular complexity index is 756. The molecule has 2 rings (SSSR count). The van der Waals surface area contributed by atoms with Gasteiger partial charge in [0.15, 0.2) is 0 Å². The normalized spacial score (nSPS) is 10.5. The van der Waals surface area contributed by atoms with Crippen LogP contribution in [0.25, 0.3) is 0 Å². The molecule has 0 aliphatic carbocycles. The molecule has 0 aliphatic heterocycles. The molecule has 8 heteroatoms. The lowest BCUT2D eigenvalue weighted by atomic mass is 9.87. The maximum atomic E-state index is 11.3. The van der Waals surface area contributed by atoms with Crippen LogP contribution in [0, 0.1) is 0 Å². The molecule has 2 aromatic rings. The smallest absolute Gasteiger partial charge is 0.321 e. The highest BCUT2D eigenvalue weighted by Crippen LogP contribution is 2.31. The summed E-state index contributed by atoms with van der Waals surface area (Å²) in [5, 5.41) is 11.1. The van der Waals surface area contributed by atoms with E-state index in [-0.39, 0.29) is 23.0 Å². The van der Waals surface area contributed by atoms with Crippen molar-refractivity contribution in [1.82, 2.24) is 0 Å². The Labute approximate surface area is 179 Å². The summed E-state index contributed by atoms with van der Waals surface area (Å²) in [5.74, 6) is -1.34. The molecule has 0 unspecified atom stereocenters. The van der Waals surface area contributed by atoms with Crippen LogP contribution >= 0.6 is 31.9 Å². The van der Waals surface area contributed by atoms with E-state index in [0.29, 0.717) is 17.9 Å². The maximum absolute atomic E-state index is 11.3. The first-order valence-corrected chi connectivity index (χ1v) is 10.6. The average Bonchev–Trinajstić information content (AvgIpc) is 2.70. The second kappa shape index (κ2) is 11.0. The van der Waals surface area contributed by atoms with Gasteiger partial charge in [-0.3, -0.25) is 9.59 Å². The van der Waals surface area contributed by atoms with Crippen LogP contribution in [0.5, 0.6) is 11.5 Å². The van der Waals surface area contributed by atoms with Gasteiger partial charge in [-0.05, 0) is 48.2 Å². The van der Waals surface area contributed by atoms with Crippen LogP contribution < -0.4 is 14.6 Å². The van der Waals surface area contributed by atoms with E-state index in [4.69, 9.17) is 9.47 Å². The second-order valence-corrected chi connectivity index (χ2v) is 6.94. The van der Waals surface area contributed by atoms with Gasteiger partial charge in [0.2, 0.25) is 0 Å². The van der Waals surface area contributed by atoms with Crippen molar-refractivity contribution in [2.45, 2.75) is 18.8 Å². The molecule has 0 N–H and O–H groups in total. The van der Waals surface area contributed by atoms with Crippen LogP contribution in [0.4, 0.5) is 0 Å². The Kier molecular flexibility index (Phi) is 8.66. The zero-order chi connectivity index (χ0) is 20.5. The molecule has 2 aromatic carbocycles. The topological polar surface area (TPSA) is 92.7 Å². The number of carboxylic acid groups (broad SMARTS) is 1. The average molecular weight is 513 g/mol. The number of carboxylic acids is 1. The molecular weight excluding hydrogens is 496 g/mol. The number of benzene rings is 2. The van der Waals surface area contributed by atoms with Crippen LogP contribution in [-0.2, 0) is 14.4 Å². The quantitative estimate of drug-likeness (QED) is 0.291. The number of ether oxygens (including phenoxy) is 2. The van der Waals surface area contributed by atoms with E-state index >= 15 is 0 Å². The number of esters is 2. The van der Waals surface area contributed by atoms with Crippen molar-refractivity contribution in [3.05, 3.63) is 59.7 Å². The third-order valence-corrected chi connectivity index (χ3v) is 4.80. The standard InChI is InChI=1S/C20H18Br2O6/c21-11-19(25)27-15-5-1-13(2-6-15)17(9-10-18(23)24)14-3-7-16(8-4-14)28-20(26)12-22/h1-8,17H,9-12H2,(H,23,24)/p-1. The molecule has 6 nitrogen and oxygen atoms in total. The SMILES string of the molecule is O=C([O-])CCC(c1ccc(OC(=O)CBr)cc1)c1ccc(OC(=O)CBr)cc1. The van der Waals surface area contributed by atoms with Crippen LogP contribution in [-0.4, -0.2) is 28.6 Å². The molecule has 0 atom stereocenters. The molecule has 0 fully saturated rings. The Hall–Kier alpha value is -2.19. The largest absolute Gasteiger partial charge is 0.550 e.